The Hall–Kier alpha value is -0.0800. The summed E-state index contributed by atoms with van der Waals surface area (Å²) in [4.78, 5) is 0. The molecule has 0 aromatic heterocycles. The first-order valence-corrected chi connectivity index (χ1v) is 3.53. The van der Waals surface area contributed by atoms with E-state index >= 15 is 0 Å². The van der Waals surface area contributed by atoms with E-state index in [4.69, 9.17) is 10.5 Å². The Balaban J connectivity index is 2.11. The van der Waals surface area contributed by atoms with Gasteiger partial charge in [-0.1, -0.05) is 6.92 Å². The van der Waals surface area contributed by atoms with Crippen LogP contribution in [0, 0.1) is 5.41 Å². The highest BCUT2D eigenvalue weighted by Gasteiger charge is 2.57. The topological polar surface area (TPSA) is 35.2 Å². The van der Waals surface area contributed by atoms with Crippen molar-refractivity contribution in [2.24, 2.45) is 11.1 Å². The van der Waals surface area contributed by atoms with Crippen LogP contribution in [0.1, 0.15) is 19.8 Å². The lowest BCUT2D eigenvalue weighted by Crippen LogP contribution is -2.55. The van der Waals surface area contributed by atoms with E-state index in [0.717, 1.165) is 13.2 Å². The summed E-state index contributed by atoms with van der Waals surface area (Å²) in [7, 11) is 0. The van der Waals surface area contributed by atoms with Crippen molar-refractivity contribution < 1.29 is 4.74 Å². The monoisotopic (exact) mass is 127 g/mol. The molecule has 0 atom stereocenters. The third-order valence-corrected chi connectivity index (χ3v) is 2.83. The molecule has 0 aromatic carbocycles. The van der Waals surface area contributed by atoms with E-state index in [-0.39, 0.29) is 5.54 Å². The van der Waals surface area contributed by atoms with E-state index < -0.39 is 0 Å². The van der Waals surface area contributed by atoms with Crippen LogP contribution in [-0.4, -0.2) is 18.8 Å². The summed E-state index contributed by atoms with van der Waals surface area (Å²) < 4.78 is 5.12. The summed E-state index contributed by atoms with van der Waals surface area (Å²) in [5, 5.41) is 0. The molecule has 2 nitrogen and oxygen atoms in total. The van der Waals surface area contributed by atoms with Crippen molar-refractivity contribution >= 4 is 0 Å². The molecule has 0 amide bonds. The average Bonchev–Trinajstić information content (AvgIpc) is 2.43. The quantitative estimate of drug-likeness (QED) is 0.557. The maximum Gasteiger partial charge on any atom is 0.0559 e. The molecule has 0 spiro atoms. The molecular weight excluding hydrogens is 114 g/mol. The molecule has 52 valence electrons. The second kappa shape index (κ2) is 1.32. The van der Waals surface area contributed by atoms with Gasteiger partial charge in [0.15, 0.2) is 0 Å². The van der Waals surface area contributed by atoms with E-state index in [0.29, 0.717) is 5.41 Å². The van der Waals surface area contributed by atoms with Crippen LogP contribution in [-0.2, 0) is 4.74 Å². The molecule has 1 saturated carbocycles. The minimum atomic E-state index is 0.158. The predicted octanol–water partition coefficient (Wildman–Crippen LogP) is 0.514. The van der Waals surface area contributed by atoms with Crippen LogP contribution < -0.4 is 5.73 Å². The first-order valence-electron chi connectivity index (χ1n) is 3.53. The van der Waals surface area contributed by atoms with Gasteiger partial charge in [-0.2, -0.15) is 0 Å². The molecule has 2 N–H and O–H groups in total. The second-order valence-electron chi connectivity index (χ2n) is 3.71. The molecule has 2 fully saturated rings. The third kappa shape index (κ3) is 0.578. The highest BCUT2D eigenvalue weighted by Crippen LogP contribution is 2.51. The number of rotatable bonds is 1. The van der Waals surface area contributed by atoms with E-state index in [9.17, 15) is 0 Å². The zero-order chi connectivity index (χ0) is 6.54. The molecule has 2 aliphatic rings. The van der Waals surface area contributed by atoms with Crippen LogP contribution in [0.4, 0.5) is 0 Å². The van der Waals surface area contributed by atoms with E-state index in [1.807, 2.05) is 0 Å². The van der Waals surface area contributed by atoms with Crippen LogP contribution in [0.3, 0.4) is 0 Å². The summed E-state index contributed by atoms with van der Waals surface area (Å²) >= 11 is 0. The molecule has 1 aliphatic carbocycles. The minimum absolute atomic E-state index is 0.158. The van der Waals surface area contributed by atoms with Crippen LogP contribution in [0.25, 0.3) is 0 Å². The number of hydrogen-bond acceptors (Lipinski definition) is 2. The summed E-state index contributed by atoms with van der Waals surface area (Å²) in [5.41, 5.74) is 6.49. The Bertz CT molecular complexity index is 136. The first-order chi connectivity index (χ1) is 4.16. The Kier molecular flexibility index (Phi) is 0.837. The third-order valence-electron chi connectivity index (χ3n) is 2.83. The molecule has 9 heavy (non-hydrogen) atoms. The lowest BCUT2D eigenvalue weighted by atomic mass is 9.78. The largest absolute Gasteiger partial charge is 0.380 e. The van der Waals surface area contributed by atoms with Crippen molar-refractivity contribution in [3.8, 4) is 0 Å². The van der Waals surface area contributed by atoms with Crippen LogP contribution in [0.15, 0.2) is 0 Å². The number of nitrogens with two attached hydrogens (primary N) is 1. The molecular formula is C7H13NO. The van der Waals surface area contributed by atoms with Gasteiger partial charge in [0.1, 0.15) is 0 Å². The summed E-state index contributed by atoms with van der Waals surface area (Å²) in [6.45, 7) is 3.98. The van der Waals surface area contributed by atoms with E-state index in [2.05, 4.69) is 6.92 Å². The normalized spacial score (nSPS) is 35.3. The van der Waals surface area contributed by atoms with Gasteiger partial charge in [-0.25, -0.2) is 0 Å². The molecule has 0 unspecified atom stereocenters. The van der Waals surface area contributed by atoms with Crippen molar-refractivity contribution in [2.75, 3.05) is 13.2 Å². The highest BCUT2D eigenvalue weighted by atomic mass is 16.5. The second-order valence-corrected chi connectivity index (χ2v) is 3.71. The van der Waals surface area contributed by atoms with Gasteiger partial charge in [0.05, 0.1) is 13.2 Å². The van der Waals surface area contributed by atoms with Gasteiger partial charge in [-0.15, -0.1) is 0 Å². The van der Waals surface area contributed by atoms with Gasteiger partial charge >= 0.3 is 0 Å². The fraction of sp³-hybridized carbons (Fsp3) is 1.00. The van der Waals surface area contributed by atoms with Crippen molar-refractivity contribution in [3.05, 3.63) is 0 Å². The molecule has 1 heterocycles. The molecule has 0 bridgehead atoms. The molecule has 0 aromatic rings. The molecule has 1 saturated heterocycles. The molecule has 1 aliphatic heterocycles. The highest BCUT2D eigenvalue weighted by molar-refractivity contribution is 5.13. The van der Waals surface area contributed by atoms with Crippen LogP contribution in [0.5, 0.6) is 0 Å². The Morgan fingerprint density at radius 2 is 1.89 bits per heavy atom. The van der Waals surface area contributed by atoms with Crippen molar-refractivity contribution in [1.29, 1.82) is 0 Å². The lowest BCUT2D eigenvalue weighted by Gasteiger charge is -2.43. The fourth-order valence-electron chi connectivity index (χ4n) is 1.43. The van der Waals surface area contributed by atoms with Gasteiger partial charge in [0, 0.05) is 11.0 Å². The zero-order valence-electron chi connectivity index (χ0n) is 5.81. The smallest absolute Gasteiger partial charge is 0.0559 e. The van der Waals surface area contributed by atoms with Gasteiger partial charge in [-0.05, 0) is 12.8 Å². The minimum Gasteiger partial charge on any atom is -0.380 e. The van der Waals surface area contributed by atoms with Crippen LogP contribution >= 0.6 is 0 Å². The molecule has 2 heteroatoms. The van der Waals surface area contributed by atoms with Crippen molar-refractivity contribution in [1.82, 2.24) is 0 Å². The van der Waals surface area contributed by atoms with Gasteiger partial charge < -0.3 is 10.5 Å². The van der Waals surface area contributed by atoms with E-state index in [1.54, 1.807) is 0 Å². The summed E-state index contributed by atoms with van der Waals surface area (Å²) in [5.74, 6) is 0. The predicted molar refractivity (Wildman–Crippen MR) is 35.1 cm³/mol. The molecule has 0 radical (unpaired) electrons. The maximum absolute atomic E-state index is 6.01. The van der Waals surface area contributed by atoms with Crippen molar-refractivity contribution in [3.63, 3.8) is 0 Å². The fourth-order valence-corrected chi connectivity index (χ4v) is 1.43. The summed E-state index contributed by atoms with van der Waals surface area (Å²) in [6.07, 6.45) is 2.40. The Labute approximate surface area is 55.4 Å². The maximum atomic E-state index is 6.01. The number of ether oxygens (including phenoxy) is 1. The van der Waals surface area contributed by atoms with E-state index in [1.165, 1.54) is 12.8 Å². The zero-order valence-corrected chi connectivity index (χ0v) is 5.81. The lowest BCUT2D eigenvalue weighted by molar-refractivity contribution is -0.121. The number of hydrogen-bond donors (Lipinski definition) is 1. The van der Waals surface area contributed by atoms with Crippen molar-refractivity contribution in [2.45, 2.75) is 25.3 Å². The van der Waals surface area contributed by atoms with Crippen LogP contribution in [0.2, 0.25) is 0 Å². The average molecular weight is 127 g/mol. The Morgan fingerprint density at radius 3 is 2.00 bits per heavy atom. The molecule has 2 rings (SSSR count). The Morgan fingerprint density at radius 1 is 1.33 bits per heavy atom. The SMILES string of the molecule is CC1(C2(N)CC2)COC1. The first kappa shape index (κ1) is 5.69. The summed E-state index contributed by atoms with van der Waals surface area (Å²) in [6, 6.07) is 0. The van der Waals surface area contributed by atoms with Gasteiger partial charge in [0.2, 0.25) is 0 Å². The van der Waals surface area contributed by atoms with Gasteiger partial charge in [-0.3, -0.25) is 0 Å². The van der Waals surface area contributed by atoms with Gasteiger partial charge in [0.25, 0.3) is 0 Å². The standard InChI is InChI=1S/C7H13NO/c1-6(4-9-5-6)7(8)2-3-7/h2-5,8H2,1H3.